The van der Waals surface area contributed by atoms with Crippen molar-refractivity contribution in [3.05, 3.63) is 41.1 Å². The molecule has 10 heteroatoms. The van der Waals surface area contributed by atoms with Crippen molar-refractivity contribution in [3.8, 4) is 17.6 Å². The summed E-state index contributed by atoms with van der Waals surface area (Å²) in [6.45, 7) is 11.0. The van der Waals surface area contributed by atoms with Crippen LogP contribution in [0.3, 0.4) is 0 Å². The number of carbonyl (C=O) groups is 2. The van der Waals surface area contributed by atoms with E-state index >= 15 is 0 Å². The standard InChI is InChI=1S/C25H31FN4O5/c1-7-33-23(31)21(26)34-22-20-18(30(28-22)17-10-8-16(9-11-17)15(2)3)12-13-29(19(20)14-27)24(32)35-25(4,5)6/h8-11,15,19,21H,7,12-13H2,1-6H3. The summed E-state index contributed by atoms with van der Waals surface area (Å²) in [6.07, 6.45) is -2.82. The molecule has 2 aromatic rings. The van der Waals surface area contributed by atoms with Crippen LogP contribution in [0.2, 0.25) is 0 Å². The number of halogens is 1. The lowest BCUT2D eigenvalue weighted by atomic mass is 9.99. The molecule has 2 atom stereocenters. The molecule has 2 heterocycles. The van der Waals surface area contributed by atoms with E-state index in [-0.39, 0.29) is 24.6 Å². The molecule has 0 aliphatic carbocycles. The summed E-state index contributed by atoms with van der Waals surface area (Å²) in [6, 6.07) is 8.59. The average Bonchev–Trinajstić information content (AvgIpc) is 3.15. The first-order chi connectivity index (χ1) is 16.5. The van der Waals surface area contributed by atoms with E-state index in [1.54, 1.807) is 32.4 Å². The van der Waals surface area contributed by atoms with Gasteiger partial charge in [-0.05, 0) is 51.3 Å². The molecule has 1 aliphatic rings. The Labute approximate surface area is 204 Å². The highest BCUT2D eigenvalue weighted by Gasteiger charge is 2.40. The fraction of sp³-hybridized carbons (Fsp3) is 0.520. The lowest BCUT2D eigenvalue weighted by molar-refractivity contribution is -0.160. The van der Waals surface area contributed by atoms with Crippen molar-refractivity contribution < 1.29 is 28.2 Å². The van der Waals surface area contributed by atoms with Gasteiger partial charge in [0, 0.05) is 13.0 Å². The second-order valence-electron chi connectivity index (χ2n) is 9.46. The zero-order valence-electron chi connectivity index (χ0n) is 20.9. The fourth-order valence-corrected chi connectivity index (χ4v) is 3.78. The van der Waals surface area contributed by atoms with Gasteiger partial charge < -0.3 is 14.2 Å². The number of alkyl halides is 1. The molecule has 0 N–H and O–H groups in total. The molecule has 9 nitrogen and oxygen atoms in total. The van der Waals surface area contributed by atoms with Crippen molar-refractivity contribution in [2.45, 2.75) is 71.9 Å². The van der Waals surface area contributed by atoms with Crippen LogP contribution in [0, 0.1) is 11.3 Å². The molecule has 0 fully saturated rings. The SMILES string of the molecule is CCOC(=O)C(F)Oc1nn(-c2ccc(C(C)C)cc2)c2c1C(C#N)N(C(=O)OC(C)(C)C)CC2. The Hall–Kier alpha value is -3.61. The zero-order chi connectivity index (χ0) is 25.9. The molecule has 1 aromatic heterocycles. The third-order valence-electron chi connectivity index (χ3n) is 5.40. The van der Waals surface area contributed by atoms with E-state index in [0.29, 0.717) is 23.7 Å². The number of nitrogens with zero attached hydrogens (tertiary/aromatic N) is 4. The van der Waals surface area contributed by atoms with Crippen molar-refractivity contribution in [1.82, 2.24) is 14.7 Å². The van der Waals surface area contributed by atoms with Crippen LogP contribution in [0.15, 0.2) is 24.3 Å². The number of ether oxygens (including phenoxy) is 3. The van der Waals surface area contributed by atoms with Crippen molar-refractivity contribution in [3.63, 3.8) is 0 Å². The van der Waals surface area contributed by atoms with Gasteiger partial charge in [0.2, 0.25) is 5.88 Å². The van der Waals surface area contributed by atoms with E-state index in [0.717, 1.165) is 5.56 Å². The first kappa shape index (κ1) is 26.0. The zero-order valence-corrected chi connectivity index (χ0v) is 20.9. The third-order valence-corrected chi connectivity index (χ3v) is 5.40. The van der Waals surface area contributed by atoms with Crippen LogP contribution in [0.4, 0.5) is 9.18 Å². The van der Waals surface area contributed by atoms with Crippen LogP contribution in [0.1, 0.15) is 70.3 Å². The Morgan fingerprint density at radius 1 is 1.26 bits per heavy atom. The number of hydrogen-bond acceptors (Lipinski definition) is 7. The monoisotopic (exact) mass is 486 g/mol. The Bertz CT molecular complexity index is 1110. The number of fused-ring (bicyclic) bond motifs is 1. The van der Waals surface area contributed by atoms with Crippen LogP contribution < -0.4 is 4.74 Å². The van der Waals surface area contributed by atoms with Crippen LogP contribution >= 0.6 is 0 Å². The molecule has 35 heavy (non-hydrogen) atoms. The van der Waals surface area contributed by atoms with Crippen molar-refractivity contribution >= 4 is 12.1 Å². The highest BCUT2D eigenvalue weighted by molar-refractivity contribution is 5.73. The maximum Gasteiger partial charge on any atom is 0.411 e. The topological polar surface area (TPSA) is 107 Å². The van der Waals surface area contributed by atoms with Crippen LogP contribution in [0.5, 0.6) is 5.88 Å². The predicted octanol–water partition coefficient (Wildman–Crippen LogP) is 4.59. The highest BCUT2D eigenvalue weighted by Crippen LogP contribution is 2.38. The quantitative estimate of drug-likeness (QED) is 0.550. The molecule has 0 bridgehead atoms. The number of benzene rings is 1. The number of aromatic nitrogens is 2. The van der Waals surface area contributed by atoms with E-state index in [1.165, 1.54) is 4.90 Å². The predicted molar refractivity (Wildman–Crippen MR) is 125 cm³/mol. The molecule has 188 valence electrons. The van der Waals surface area contributed by atoms with Gasteiger partial charge in [-0.3, -0.25) is 4.90 Å². The first-order valence-electron chi connectivity index (χ1n) is 11.6. The molecular weight excluding hydrogens is 455 g/mol. The van der Waals surface area contributed by atoms with Gasteiger partial charge >= 0.3 is 18.4 Å². The number of esters is 1. The van der Waals surface area contributed by atoms with E-state index < -0.39 is 30.1 Å². The van der Waals surface area contributed by atoms with Gasteiger partial charge in [-0.15, -0.1) is 5.10 Å². The molecular formula is C25H31FN4O5. The third kappa shape index (κ3) is 5.73. The summed E-state index contributed by atoms with van der Waals surface area (Å²) in [4.78, 5) is 26.0. The van der Waals surface area contributed by atoms with Crippen molar-refractivity contribution in [2.24, 2.45) is 0 Å². The molecule has 0 saturated heterocycles. The molecule has 1 aliphatic heterocycles. The summed E-state index contributed by atoms with van der Waals surface area (Å²) >= 11 is 0. The number of hydrogen-bond donors (Lipinski definition) is 0. The molecule has 0 radical (unpaired) electrons. The fourth-order valence-electron chi connectivity index (χ4n) is 3.78. The summed E-state index contributed by atoms with van der Waals surface area (Å²) in [5, 5.41) is 14.4. The normalized spacial score (nSPS) is 16.3. The largest absolute Gasteiger partial charge is 0.461 e. The smallest absolute Gasteiger partial charge is 0.411 e. The van der Waals surface area contributed by atoms with Gasteiger partial charge in [-0.25, -0.2) is 14.3 Å². The summed E-state index contributed by atoms with van der Waals surface area (Å²) in [5.41, 5.74) is 1.83. The van der Waals surface area contributed by atoms with Gasteiger partial charge in [-0.2, -0.15) is 9.65 Å². The lowest BCUT2D eigenvalue weighted by Crippen LogP contribution is -2.43. The second-order valence-corrected chi connectivity index (χ2v) is 9.46. The molecule has 3 rings (SSSR count). The highest BCUT2D eigenvalue weighted by atomic mass is 19.1. The molecule has 2 unspecified atom stereocenters. The van der Waals surface area contributed by atoms with Crippen molar-refractivity contribution in [2.75, 3.05) is 13.2 Å². The van der Waals surface area contributed by atoms with Crippen LogP contribution in [0.25, 0.3) is 5.69 Å². The van der Waals surface area contributed by atoms with E-state index in [2.05, 4.69) is 25.0 Å². The minimum atomic E-state index is -2.44. The van der Waals surface area contributed by atoms with Gasteiger partial charge in [-0.1, -0.05) is 26.0 Å². The number of amides is 1. The van der Waals surface area contributed by atoms with Crippen LogP contribution in [-0.4, -0.2) is 51.9 Å². The van der Waals surface area contributed by atoms with Crippen molar-refractivity contribution in [1.29, 1.82) is 5.26 Å². The molecule has 1 aromatic carbocycles. The number of nitriles is 1. The minimum Gasteiger partial charge on any atom is -0.461 e. The van der Waals surface area contributed by atoms with Gasteiger partial charge in [0.1, 0.15) is 5.60 Å². The first-order valence-corrected chi connectivity index (χ1v) is 11.6. The number of rotatable bonds is 6. The Morgan fingerprint density at radius 2 is 1.91 bits per heavy atom. The van der Waals surface area contributed by atoms with Gasteiger partial charge in [0.15, 0.2) is 6.04 Å². The van der Waals surface area contributed by atoms with Gasteiger partial charge in [0.25, 0.3) is 0 Å². The lowest BCUT2D eigenvalue weighted by Gasteiger charge is -2.33. The molecule has 0 saturated carbocycles. The molecule has 1 amide bonds. The molecule has 0 spiro atoms. The second kappa shape index (κ2) is 10.3. The average molecular weight is 487 g/mol. The Morgan fingerprint density at radius 3 is 2.46 bits per heavy atom. The van der Waals surface area contributed by atoms with E-state index in [4.69, 9.17) is 14.2 Å². The number of carbonyl (C=O) groups excluding carboxylic acids is 2. The minimum absolute atomic E-state index is 0.0232. The maximum absolute atomic E-state index is 14.6. The summed E-state index contributed by atoms with van der Waals surface area (Å²) < 4.78 is 31.5. The van der Waals surface area contributed by atoms with Crippen LogP contribution in [-0.2, 0) is 20.7 Å². The Kier molecular flexibility index (Phi) is 7.68. The van der Waals surface area contributed by atoms with E-state index in [1.807, 2.05) is 24.3 Å². The van der Waals surface area contributed by atoms with Gasteiger partial charge in [0.05, 0.1) is 29.6 Å². The Balaban J connectivity index is 2.07. The summed E-state index contributed by atoms with van der Waals surface area (Å²) in [7, 11) is 0. The summed E-state index contributed by atoms with van der Waals surface area (Å²) in [5.74, 6) is -1.13. The maximum atomic E-state index is 14.6. The van der Waals surface area contributed by atoms with E-state index in [9.17, 15) is 19.2 Å².